The number of cyclic esters (lactones) is 1. The van der Waals surface area contributed by atoms with E-state index in [4.69, 9.17) is 14.2 Å². The molecule has 1 saturated heterocycles. The zero-order valence-electron chi connectivity index (χ0n) is 23.0. The van der Waals surface area contributed by atoms with Gasteiger partial charge in [0.25, 0.3) is 0 Å². The number of esters is 1. The molecule has 11 nitrogen and oxygen atoms in total. The van der Waals surface area contributed by atoms with Gasteiger partial charge < -0.3 is 49.6 Å². The molecule has 224 valence electrons. The predicted molar refractivity (Wildman–Crippen MR) is 136 cm³/mol. The summed E-state index contributed by atoms with van der Waals surface area (Å²) < 4.78 is 16.8. The average Bonchev–Trinajstić information content (AvgIpc) is 3.46. The van der Waals surface area contributed by atoms with Gasteiger partial charge >= 0.3 is 5.97 Å². The van der Waals surface area contributed by atoms with Gasteiger partial charge in [-0.05, 0) is 75.2 Å². The standard InChI is InChI=1S/C29H42O11/c1-14-22(33)23(34)24(35)25(39-14)40-16-3-6-27(13-30)19-10-20(31)26(2)17(15-9-21(32)38-12-15)5-8-29(26,37)18(19)4-7-28(27,36)11-16/h9,13-14,16-20,22-25,31,33-37H,3-8,10-12H2,1-2H3/t14-,16+,17+,18-,19+,20-,22+,23-,24-,25+,26+,27+,28+,29+/m1/s1. The van der Waals surface area contributed by atoms with Gasteiger partial charge in [0.05, 0.1) is 34.9 Å². The molecule has 11 heteroatoms. The molecule has 0 spiro atoms. The highest BCUT2D eigenvalue weighted by atomic mass is 16.7. The second kappa shape index (κ2) is 9.54. The fraction of sp³-hybridized carbons (Fsp3) is 0.862. The highest BCUT2D eigenvalue weighted by Crippen LogP contribution is 2.70. The van der Waals surface area contributed by atoms with Gasteiger partial charge in [-0.1, -0.05) is 6.92 Å². The molecule has 0 unspecified atom stereocenters. The molecular formula is C29H42O11. The van der Waals surface area contributed by atoms with Gasteiger partial charge in [-0.15, -0.1) is 0 Å². The maximum absolute atomic E-state index is 13.0. The molecule has 14 atom stereocenters. The molecule has 2 aliphatic heterocycles. The van der Waals surface area contributed by atoms with E-state index in [0.717, 1.165) is 11.9 Å². The molecular weight excluding hydrogens is 524 g/mol. The summed E-state index contributed by atoms with van der Waals surface area (Å²) in [6.07, 6.45) is -2.70. The molecule has 4 aliphatic carbocycles. The second-order valence-electron chi connectivity index (χ2n) is 13.5. The number of carbonyl (C=O) groups excluding carboxylic acids is 2. The van der Waals surface area contributed by atoms with Crippen LogP contribution in [0.3, 0.4) is 0 Å². The van der Waals surface area contributed by atoms with Gasteiger partial charge in [0.2, 0.25) is 0 Å². The molecule has 6 rings (SSSR count). The van der Waals surface area contributed by atoms with Crippen LogP contribution in [0.1, 0.15) is 65.2 Å². The Labute approximate surface area is 233 Å². The summed E-state index contributed by atoms with van der Waals surface area (Å²) in [5.41, 5.74) is -4.09. The number of hydrogen-bond donors (Lipinski definition) is 6. The molecule has 0 amide bonds. The molecule has 6 N–H and O–H groups in total. The van der Waals surface area contributed by atoms with E-state index in [-0.39, 0.29) is 44.1 Å². The highest BCUT2D eigenvalue weighted by Gasteiger charge is 2.74. The Morgan fingerprint density at radius 2 is 1.75 bits per heavy atom. The quantitative estimate of drug-likeness (QED) is 0.149. The molecule has 0 bridgehead atoms. The van der Waals surface area contributed by atoms with Crippen molar-refractivity contribution < 1.29 is 54.4 Å². The Hall–Kier alpha value is -1.44. The minimum atomic E-state index is -1.47. The number of carbonyl (C=O) groups is 2. The number of hydrogen-bond acceptors (Lipinski definition) is 11. The fourth-order valence-electron chi connectivity index (χ4n) is 9.74. The van der Waals surface area contributed by atoms with Gasteiger partial charge in [-0.2, -0.15) is 0 Å². The number of rotatable bonds is 4. The van der Waals surface area contributed by atoms with E-state index in [2.05, 4.69) is 0 Å². The number of aldehydes is 1. The topological polar surface area (TPSA) is 183 Å². The van der Waals surface area contributed by atoms with Crippen LogP contribution in [0.5, 0.6) is 0 Å². The smallest absolute Gasteiger partial charge is 0.331 e. The van der Waals surface area contributed by atoms with Crippen LogP contribution >= 0.6 is 0 Å². The molecule has 0 aromatic heterocycles. The van der Waals surface area contributed by atoms with E-state index in [1.807, 2.05) is 6.92 Å². The summed E-state index contributed by atoms with van der Waals surface area (Å²) in [6.45, 7) is 3.61. The monoisotopic (exact) mass is 566 g/mol. The van der Waals surface area contributed by atoms with Crippen molar-refractivity contribution in [3.05, 3.63) is 11.6 Å². The van der Waals surface area contributed by atoms with Crippen LogP contribution < -0.4 is 0 Å². The first-order valence-electron chi connectivity index (χ1n) is 14.6. The number of aliphatic hydroxyl groups excluding tert-OH is 4. The Morgan fingerprint density at radius 1 is 1.00 bits per heavy atom. The third kappa shape index (κ3) is 3.71. The summed E-state index contributed by atoms with van der Waals surface area (Å²) >= 11 is 0. The summed E-state index contributed by atoms with van der Waals surface area (Å²) in [4.78, 5) is 24.8. The van der Waals surface area contributed by atoms with Crippen LogP contribution in [0.15, 0.2) is 11.6 Å². The van der Waals surface area contributed by atoms with Crippen LogP contribution in [-0.4, -0.2) is 104 Å². The lowest BCUT2D eigenvalue weighted by atomic mass is 9.41. The minimum Gasteiger partial charge on any atom is -0.458 e. The normalized spacial score (nSPS) is 56.0. The van der Waals surface area contributed by atoms with Crippen molar-refractivity contribution >= 4 is 12.3 Å². The van der Waals surface area contributed by atoms with Crippen LogP contribution in [0, 0.1) is 28.6 Å². The summed E-state index contributed by atoms with van der Waals surface area (Å²) in [7, 11) is 0. The average molecular weight is 567 g/mol. The molecule has 4 saturated carbocycles. The van der Waals surface area contributed by atoms with Crippen LogP contribution in [0.2, 0.25) is 0 Å². The van der Waals surface area contributed by atoms with Gasteiger partial charge in [0.15, 0.2) is 6.29 Å². The molecule has 0 aromatic carbocycles. The Kier molecular flexibility index (Phi) is 6.83. The van der Waals surface area contributed by atoms with E-state index in [1.54, 1.807) is 6.92 Å². The molecule has 0 aromatic rings. The third-order valence-electron chi connectivity index (χ3n) is 12.1. The SMILES string of the molecule is C[C@H]1O[C@@H](O[C@H]2CC[C@]3(C=O)[C@H]4C[C@@H](O)[C@]5(C)[C@H](C6=CC(=O)OC6)CC[C@]5(O)[C@@H]4CC[C@]3(O)C2)[C@H](O)[C@H](O)[C@H]1O. The maximum atomic E-state index is 13.0. The first-order valence-corrected chi connectivity index (χ1v) is 14.6. The van der Waals surface area contributed by atoms with E-state index >= 15 is 0 Å². The summed E-state index contributed by atoms with van der Waals surface area (Å²) in [6, 6.07) is 0. The summed E-state index contributed by atoms with van der Waals surface area (Å²) in [5.74, 6) is -1.42. The van der Waals surface area contributed by atoms with Crippen molar-refractivity contribution in [2.45, 2.75) is 119 Å². The minimum absolute atomic E-state index is 0.0926. The fourth-order valence-corrected chi connectivity index (χ4v) is 9.74. The van der Waals surface area contributed by atoms with Gasteiger partial charge in [0, 0.05) is 17.9 Å². The first kappa shape index (κ1) is 28.7. The molecule has 0 radical (unpaired) electrons. The Balaban J connectivity index is 1.25. The van der Waals surface area contributed by atoms with Crippen LogP contribution in [-0.2, 0) is 23.8 Å². The molecule has 40 heavy (non-hydrogen) atoms. The van der Waals surface area contributed by atoms with E-state index in [0.29, 0.717) is 25.7 Å². The zero-order valence-corrected chi connectivity index (χ0v) is 23.0. The van der Waals surface area contributed by atoms with Crippen LogP contribution in [0.4, 0.5) is 0 Å². The van der Waals surface area contributed by atoms with Crippen molar-refractivity contribution in [1.82, 2.24) is 0 Å². The van der Waals surface area contributed by atoms with Gasteiger partial charge in [-0.25, -0.2) is 4.79 Å². The van der Waals surface area contributed by atoms with Crippen molar-refractivity contribution in [1.29, 1.82) is 0 Å². The first-order chi connectivity index (χ1) is 18.8. The highest BCUT2D eigenvalue weighted by molar-refractivity contribution is 5.85. The number of aliphatic hydroxyl groups is 6. The maximum Gasteiger partial charge on any atom is 0.331 e. The van der Waals surface area contributed by atoms with Crippen LogP contribution in [0.25, 0.3) is 0 Å². The van der Waals surface area contributed by atoms with Crippen molar-refractivity contribution in [2.24, 2.45) is 28.6 Å². The lowest BCUT2D eigenvalue weighted by Gasteiger charge is -2.66. The van der Waals surface area contributed by atoms with Gasteiger partial charge in [0.1, 0.15) is 31.2 Å². The van der Waals surface area contributed by atoms with E-state index in [1.165, 1.54) is 6.08 Å². The van der Waals surface area contributed by atoms with Crippen molar-refractivity contribution in [3.8, 4) is 0 Å². The Morgan fingerprint density at radius 3 is 2.42 bits per heavy atom. The summed E-state index contributed by atoms with van der Waals surface area (Å²) in [5, 5.41) is 66.7. The Bertz CT molecular complexity index is 1080. The molecule has 2 heterocycles. The predicted octanol–water partition coefficient (Wildman–Crippen LogP) is -0.279. The lowest BCUT2D eigenvalue weighted by molar-refractivity contribution is -0.319. The zero-order chi connectivity index (χ0) is 28.8. The number of ether oxygens (including phenoxy) is 3. The number of fused-ring (bicyclic) bond motifs is 5. The molecule has 5 fully saturated rings. The van der Waals surface area contributed by atoms with E-state index < -0.39 is 76.8 Å². The second-order valence-corrected chi connectivity index (χ2v) is 13.5. The lowest BCUT2D eigenvalue weighted by Crippen LogP contribution is -2.71. The third-order valence-corrected chi connectivity index (χ3v) is 12.1. The van der Waals surface area contributed by atoms with Gasteiger partial charge in [-0.3, -0.25) is 0 Å². The largest absolute Gasteiger partial charge is 0.458 e. The van der Waals surface area contributed by atoms with Crippen molar-refractivity contribution in [3.63, 3.8) is 0 Å². The van der Waals surface area contributed by atoms with Crippen molar-refractivity contribution in [2.75, 3.05) is 6.61 Å². The van der Waals surface area contributed by atoms with E-state index in [9.17, 15) is 40.2 Å². The molecule has 6 aliphatic rings.